The first kappa shape index (κ1) is 19.2. The Morgan fingerprint density at radius 1 is 0.968 bits per heavy atom. The highest BCUT2D eigenvalue weighted by Gasteiger charge is 2.36. The summed E-state index contributed by atoms with van der Waals surface area (Å²) in [7, 11) is 0. The molecular formula is C22H26N6O2S. The van der Waals surface area contributed by atoms with Gasteiger partial charge in [0.05, 0.1) is 16.3 Å². The molecule has 0 aliphatic carbocycles. The molecule has 1 atom stereocenters. The average Bonchev–Trinajstić information content (AvgIpc) is 3.52. The van der Waals surface area contributed by atoms with Gasteiger partial charge >= 0.3 is 0 Å². The molecule has 0 radical (unpaired) electrons. The van der Waals surface area contributed by atoms with Crippen LogP contribution in [0.3, 0.4) is 0 Å². The van der Waals surface area contributed by atoms with E-state index >= 15 is 0 Å². The van der Waals surface area contributed by atoms with E-state index in [-0.39, 0.29) is 17.5 Å². The highest BCUT2D eigenvalue weighted by molar-refractivity contribution is 7.20. The van der Waals surface area contributed by atoms with E-state index in [0.29, 0.717) is 21.6 Å². The van der Waals surface area contributed by atoms with E-state index in [2.05, 4.69) is 14.8 Å². The Morgan fingerprint density at radius 3 is 2.71 bits per heavy atom. The highest BCUT2D eigenvalue weighted by atomic mass is 32.1. The molecule has 6 rings (SSSR count). The fourth-order valence-corrected chi connectivity index (χ4v) is 6.59. The fraction of sp³-hybridized carbons (Fsp3) is 0.591. The van der Waals surface area contributed by atoms with Crippen LogP contribution >= 0.6 is 11.3 Å². The van der Waals surface area contributed by atoms with Gasteiger partial charge in [-0.25, -0.2) is 4.98 Å². The number of carbonyl (C=O) groups is 1. The SMILES string of the molecule is Cc1c(C(=O)N2CCCC2c2nnc3n2CCCCC3)sc2nc3n(c(=O)c12)CCC3. The van der Waals surface area contributed by atoms with Crippen molar-refractivity contribution in [2.24, 2.45) is 0 Å². The van der Waals surface area contributed by atoms with Crippen LogP contribution in [0, 0.1) is 6.92 Å². The summed E-state index contributed by atoms with van der Waals surface area (Å²) in [6, 6.07) is -0.0458. The van der Waals surface area contributed by atoms with E-state index < -0.39 is 0 Å². The molecule has 1 amide bonds. The van der Waals surface area contributed by atoms with Gasteiger partial charge in [0.25, 0.3) is 11.5 Å². The molecule has 8 nitrogen and oxygen atoms in total. The maximum absolute atomic E-state index is 13.7. The normalized spacial score (nSPS) is 20.8. The molecule has 0 aromatic carbocycles. The van der Waals surface area contributed by atoms with Crippen molar-refractivity contribution in [3.63, 3.8) is 0 Å². The Kier molecular flexibility index (Phi) is 4.48. The number of fused-ring (bicyclic) bond motifs is 3. The van der Waals surface area contributed by atoms with Crippen LogP contribution < -0.4 is 5.56 Å². The first-order valence-electron chi connectivity index (χ1n) is 11.4. The van der Waals surface area contributed by atoms with Gasteiger partial charge in [0.2, 0.25) is 0 Å². The molecule has 3 aromatic heterocycles. The van der Waals surface area contributed by atoms with Crippen molar-refractivity contribution in [2.45, 2.75) is 77.4 Å². The maximum Gasteiger partial charge on any atom is 0.264 e. The van der Waals surface area contributed by atoms with Crippen LogP contribution in [0.15, 0.2) is 4.79 Å². The van der Waals surface area contributed by atoms with Crippen LogP contribution in [-0.2, 0) is 25.9 Å². The lowest BCUT2D eigenvalue weighted by Crippen LogP contribution is -2.32. The van der Waals surface area contributed by atoms with Crippen LogP contribution in [0.4, 0.5) is 0 Å². The van der Waals surface area contributed by atoms with Crippen molar-refractivity contribution >= 4 is 27.5 Å². The highest BCUT2D eigenvalue weighted by Crippen LogP contribution is 2.36. The molecule has 3 aromatic rings. The number of rotatable bonds is 2. The molecule has 1 saturated heterocycles. The van der Waals surface area contributed by atoms with Crippen molar-refractivity contribution < 1.29 is 4.79 Å². The van der Waals surface area contributed by atoms with Gasteiger partial charge in [-0.1, -0.05) is 6.42 Å². The van der Waals surface area contributed by atoms with Crippen LogP contribution in [0.1, 0.15) is 77.3 Å². The van der Waals surface area contributed by atoms with E-state index in [0.717, 1.165) is 81.1 Å². The minimum Gasteiger partial charge on any atom is -0.328 e. The Bertz CT molecular complexity index is 1260. The van der Waals surface area contributed by atoms with Gasteiger partial charge in [0.15, 0.2) is 5.82 Å². The van der Waals surface area contributed by atoms with E-state index in [4.69, 9.17) is 4.98 Å². The van der Waals surface area contributed by atoms with Gasteiger partial charge in [-0.05, 0) is 44.6 Å². The zero-order valence-electron chi connectivity index (χ0n) is 17.8. The van der Waals surface area contributed by atoms with E-state index in [1.807, 2.05) is 11.8 Å². The van der Waals surface area contributed by atoms with Crippen LogP contribution in [0.5, 0.6) is 0 Å². The Morgan fingerprint density at radius 2 is 1.81 bits per heavy atom. The van der Waals surface area contributed by atoms with Gasteiger partial charge in [0.1, 0.15) is 16.5 Å². The second-order valence-electron chi connectivity index (χ2n) is 8.92. The summed E-state index contributed by atoms with van der Waals surface area (Å²) >= 11 is 1.37. The summed E-state index contributed by atoms with van der Waals surface area (Å²) in [5, 5.41) is 9.59. The molecule has 3 aliphatic heterocycles. The minimum absolute atomic E-state index is 0.00136. The number of carbonyl (C=O) groups excluding carboxylic acids is 1. The van der Waals surface area contributed by atoms with Gasteiger partial charge < -0.3 is 9.47 Å². The number of amides is 1. The zero-order valence-corrected chi connectivity index (χ0v) is 18.6. The van der Waals surface area contributed by atoms with Gasteiger partial charge in [-0.2, -0.15) is 0 Å². The van der Waals surface area contributed by atoms with Crippen LogP contribution in [0.2, 0.25) is 0 Å². The third kappa shape index (κ3) is 2.89. The molecule has 0 spiro atoms. The summed E-state index contributed by atoms with van der Waals surface area (Å²) < 4.78 is 4.03. The van der Waals surface area contributed by atoms with Gasteiger partial charge in [-0.15, -0.1) is 21.5 Å². The first-order valence-corrected chi connectivity index (χ1v) is 12.2. The Balaban J connectivity index is 1.39. The number of nitrogens with zero attached hydrogens (tertiary/aromatic N) is 6. The predicted molar refractivity (Wildman–Crippen MR) is 118 cm³/mol. The lowest BCUT2D eigenvalue weighted by molar-refractivity contribution is 0.0731. The minimum atomic E-state index is -0.0458. The molecule has 31 heavy (non-hydrogen) atoms. The number of hydrogen-bond donors (Lipinski definition) is 0. The largest absolute Gasteiger partial charge is 0.328 e. The van der Waals surface area contributed by atoms with E-state index in [9.17, 15) is 9.59 Å². The molecule has 0 saturated carbocycles. The molecule has 6 heterocycles. The number of aryl methyl sites for hydroxylation is 3. The molecule has 162 valence electrons. The molecule has 0 bridgehead atoms. The topological polar surface area (TPSA) is 85.9 Å². The van der Waals surface area contributed by atoms with Crippen molar-refractivity contribution in [1.82, 2.24) is 29.2 Å². The number of hydrogen-bond acceptors (Lipinski definition) is 6. The molecule has 1 unspecified atom stereocenters. The van der Waals surface area contributed by atoms with E-state index in [1.165, 1.54) is 17.8 Å². The number of likely N-dealkylation sites (tertiary alicyclic amines) is 1. The molecule has 9 heteroatoms. The van der Waals surface area contributed by atoms with Crippen molar-refractivity contribution in [1.29, 1.82) is 0 Å². The molecular weight excluding hydrogens is 412 g/mol. The lowest BCUT2D eigenvalue weighted by atomic mass is 10.1. The number of aromatic nitrogens is 5. The Labute approximate surface area is 183 Å². The monoisotopic (exact) mass is 438 g/mol. The van der Waals surface area contributed by atoms with Crippen LogP contribution in [-0.4, -0.2) is 41.7 Å². The molecule has 0 N–H and O–H groups in total. The second kappa shape index (κ2) is 7.25. The van der Waals surface area contributed by atoms with Crippen molar-refractivity contribution in [3.05, 3.63) is 38.3 Å². The van der Waals surface area contributed by atoms with Crippen LogP contribution in [0.25, 0.3) is 10.2 Å². The maximum atomic E-state index is 13.7. The summed E-state index contributed by atoms with van der Waals surface area (Å²) in [6.07, 6.45) is 8.11. The fourth-order valence-electron chi connectivity index (χ4n) is 5.44. The van der Waals surface area contributed by atoms with Crippen molar-refractivity contribution in [2.75, 3.05) is 6.54 Å². The summed E-state index contributed by atoms with van der Waals surface area (Å²) in [6.45, 7) is 4.26. The van der Waals surface area contributed by atoms with E-state index in [1.54, 1.807) is 4.57 Å². The molecule has 1 fully saturated rings. The lowest BCUT2D eigenvalue weighted by Gasteiger charge is -2.24. The average molecular weight is 439 g/mol. The first-order chi connectivity index (χ1) is 15.1. The smallest absolute Gasteiger partial charge is 0.264 e. The Hall–Kier alpha value is -2.55. The van der Waals surface area contributed by atoms with Gasteiger partial charge in [0, 0.05) is 32.5 Å². The standard InChI is InChI=1S/C22H26N6O2S/c1-13-17-20(23-15-9-6-12-28(15)21(17)29)31-18(13)22(30)26-11-5-7-14(26)19-25-24-16-8-3-2-4-10-27(16)19/h14H,2-12H2,1H3. The quantitative estimate of drug-likeness (QED) is 0.614. The number of thiophene rings is 1. The summed E-state index contributed by atoms with van der Waals surface area (Å²) in [5.41, 5.74) is 0.779. The summed E-state index contributed by atoms with van der Waals surface area (Å²) in [5.74, 6) is 2.83. The second-order valence-corrected chi connectivity index (χ2v) is 9.92. The van der Waals surface area contributed by atoms with Gasteiger partial charge in [-0.3, -0.25) is 14.2 Å². The molecule has 3 aliphatic rings. The van der Waals surface area contributed by atoms with Crippen molar-refractivity contribution in [3.8, 4) is 0 Å². The third-order valence-electron chi connectivity index (χ3n) is 7.06. The third-order valence-corrected chi connectivity index (χ3v) is 8.23. The predicted octanol–water partition coefficient (Wildman–Crippen LogP) is 3.01. The summed E-state index contributed by atoms with van der Waals surface area (Å²) in [4.78, 5) is 34.7. The zero-order chi connectivity index (χ0) is 21.1.